The summed E-state index contributed by atoms with van der Waals surface area (Å²) in [4.78, 5) is 8.04. The molecule has 0 aliphatic carbocycles. The van der Waals surface area contributed by atoms with E-state index in [0.717, 1.165) is 5.56 Å². The molecule has 0 N–H and O–H groups in total. The third kappa shape index (κ3) is 2.78. The van der Waals surface area contributed by atoms with Gasteiger partial charge >= 0.3 is 0 Å². The molecule has 1 aromatic heterocycles. The van der Waals surface area contributed by atoms with Gasteiger partial charge in [0.1, 0.15) is 17.3 Å². The summed E-state index contributed by atoms with van der Waals surface area (Å²) < 4.78 is 14.3. The third-order valence-electron chi connectivity index (χ3n) is 3.35. The van der Waals surface area contributed by atoms with Crippen LogP contribution < -0.4 is 0 Å². The highest BCUT2D eigenvalue weighted by molar-refractivity contribution is 6.30. The average Bonchev–Trinajstić information content (AvgIpc) is 2.52. The number of rotatable bonds is 3. The van der Waals surface area contributed by atoms with Crippen LogP contribution in [0.4, 0.5) is 4.39 Å². The van der Waals surface area contributed by atoms with Gasteiger partial charge in [0.15, 0.2) is 0 Å². The van der Waals surface area contributed by atoms with Gasteiger partial charge in [0.2, 0.25) is 0 Å². The van der Waals surface area contributed by atoms with E-state index in [-0.39, 0.29) is 11.7 Å². The van der Waals surface area contributed by atoms with Crippen LogP contribution in [0.25, 0.3) is 0 Å². The molecular formula is C17H12ClFN2. The molecule has 0 unspecified atom stereocenters. The van der Waals surface area contributed by atoms with E-state index < -0.39 is 0 Å². The summed E-state index contributed by atoms with van der Waals surface area (Å²) in [6.07, 6.45) is 3.02. The Kier molecular flexibility index (Phi) is 3.93. The van der Waals surface area contributed by atoms with Crippen molar-refractivity contribution in [3.05, 3.63) is 94.8 Å². The molecule has 3 rings (SSSR count). The van der Waals surface area contributed by atoms with Crippen molar-refractivity contribution in [2.45, 2.75) is 5.92 Å². The van der Waals surface area contributed by atoms with Gasteiger partial charge in [0.25, 0.3) is 0 Å². The third-order valence-corrected chi connectivity index (χ3v) is 3.67. The van der Waals surface area contributed by atoms with E-state index in [1.165, 1.54) is 12.4 Å². The highest BCUT2D eigenvalue weighted by Crippen LogP contribution is 2.35. The normalized spacial score (nSPS) is 12.1. The molecular weight excluding hydrogens is 287 g/mol. The van der Waals surface area contributed by atoms with Crippen LogP contribution in [0.5, 0.6) is 0 Å². The molecule has 0 spiro atoms. The Morgan fingerprint density at radius 2 is 1.62 bits per heavy atom. The topological polar surface area (TPSA) is 25.8 Å². The second-order valence-electron chi connectivity index (χ2n) is 4.63. The first-order valence-electron chi connectivity index (χ1n) is 6.52. The first-order chi connectivity index (χ1) is 10.3. The standard InChI is InChI=1S/C17H12ClFN2/c18-17-14(10-20-11-21-17)16(12-6-2-1-3-7-12)13-8-4-5-9-15(13)19/h1-11,16H/t16-/m1/s1. The van der Waals surface area contributed by atoms with Gasteiger partial charge < -0.3 is 0 Å². The van der Waals surface area contributed by atoms with Crippen molar-refractivity contribution in [2.75, 3.05) is 0 Å². The maximum absolute atomic E-state index is 14.3. The molecule has 0 fully saturated rings. The molecule has 0 aliphatic rings. The van der Waals surface area contributed by atoms with Crippen LogP contribution in [0, 0.1) is 5.82 Å². The Bertz CT molecular complexity index is 701. The molecule has 4 heteroatoms. The number of hydrogen-bond donors (Lipinski definition) is 0. The van der Waals surface area contributed by atoms with Gasteiger partial charge in [-0.3, -0.25) is 0 Å². The lowest BCUT2D eigenvalue weighted by Gasteiger charge is -2.19. The Labute approximate surface area is 127 Å². The molecule has 3 aromatic rings. The van der Waals surface area contributed by atoms with Crippen molar-refractivity contribution < 1.29 is 4.39 Å². The van der Waals surface area contributed by atoms with Crippen molar-refractivity contribution in [3.8, 4) is 0 Å². The lowest BCUT2D eigenvalue weighted by atomic mass is 9.86. The number of hydrogen-bond acceptors (Lipinski definition) is 2. The molecule has 2 nitrogen and oxygen atoms in total. The SMILES string of the molecule is Fc1ccccc1[C@@H](c1ccccc1)c1cncnc1Cl. The van der Waals surface area contributed by atoms with Gasteiger partial charge in [-0.1, -0.05) is 60.1 Å². The van der Waals surface area contributed by atoms with E-state index in [2.05, 4.69) is 9.97 Å². The minimum atomic E-state index is -0.332. The van der Waals surface area contributed by atoms with E-state index in [1.807, 2.05) is 36.4 Å². The van der Waals surface area contributed by atoms with Crippen molar-refractivity contribution in [3.63, 3.8) is 0 Å². The fraction of sp³-hybridized carbons (Fsp3) is 0.0588. The second-order valence-corrected chi connectivity index (χ2v) is 4.99. The van der Waals surface area contributed by atoms with Gasteiger partial charge in [-0.25, -0.2) is 14.4 Å². The molecule has 1 atom stereocenters. The lowest BCUT2D eigenvalue weighted by Crippen LogP contribution is -2.07. The largest absolute Gasteiger partial charge is 0.244 e. The molecule has 2 aromatic carbocycles. The van der Waals surface area contributed by atoms with Crippen molar-refractivity contribution in [1.29, 1.82) is 0 Å². The first-order valence-corrected chi connectivity index (χ1v) is 6.90. The molecule has 0 bridgehead atoms. The monoisotopic (exact) mass is 298 g/mol. The van der Waals surface area contributed by atoms with E-state index in [1.54, 1.807) is 18.3 Å². The summed E-state index contributed by atoms with van der Waals surface area (Å²) in [5, 5.41) is 0.335. The zero-order valence-electron chi connectivity index (χ0n) is 11.1. The number of halogens is 2. The fourth-order valence-electron chi connectivity index (χ4n) is 2.40. The summed E-state index contributed by atoms with van der Waals surface area (Å²) >= 11 is 6.20. The predicted molar refractivity (Wildman–Crippen MR) is 80.8 cm³/mol. The Hall–Kier alpha value is -2.26. The highest BCUT2D eigenvalue weighted by atomic mass is 35.5. The van der Waals surface area contributed by atoms with Crippen LogP contribution in [0.2, 0.25) is 5.15 Å². The van der Waals surface area contributed by atoms with Crippen LogP contribution in [0.1, 0.15) is 22.6 Å². The van der Waals surface area contributed by atoms with Gasteiger partial charge in [-0.05, 0) is 17.2 Å². The Morgan fingerprint density at radius 1 is 0.905 bits per heavy atom. The maximum Gasteiger partial charge on any atom is 0.136 e. The minimum Gasteiger partial charge on any atom is -0.244 e. The molecule has 0 radical (unpaired) electrons. The van der Waals surface area contributed by atoms with E-state index in [9.17, 15) is 4.39 Å². The van der Waals surface area contributed by atoms with Crippen LogP contribution in [-0.2, 0) is 0 Å². The minimum absolute atomic E-state index is 0.272. The van der Waals surface area contributed by atoms with E-state index >= 15 is 0 Å². The van der Waals surface area contributed by atoms with Crippen LogP contribution in [-0.4, -0.2) is 9.97 Å². The summed E-state index contributed by atoms with van der Waals surface area (Å²) in [6, 6.07) is 16.3. The van der Waals surface area contributed by atoms with Crippen molar-refractivity contribution in [2.24, 2.45) is 0 Å². The van der Waals surface area contributed by atoms with Gasteiger partial charge in [0, 0.05) is 17.7 Å². The average molecular weight is 299 g/mol. The second kappa shape index (κ2) is 6.02. The molecule has 0 aliphatic heterocycles. The van der Waals surface area contributed by atoms with E-state index in [4.69, 9.17) is 11.6 Å². The van der Waals surface area contributed by atoms with Crippen LogP contribution in [0.15, 0.2) is 67.1 Å². The summed E-state index contributed by atoms with van der Waals surface area (Å²) in [6.45, 7) is 0. The Balaban J connectivity index is 2.22. The Morgan fingerprint density at radius 3 is 2.33 bits per heavy atom. The maximum atomic E-state index is 14.3. The molecule has 0 saturated carbocycles. The smallest absolute Gasteiger partial charge is 0.136 e. The number of nitrogens with zero attached hydrogens (tertiary/aromatic N) is 2. The fourth-order valence-corrected chi connectivity index (χ4v) is 2.60. The lowest BCUT2D eigenvalue weighted by molar-refractivity contribution is 0.606. The molecule has 104 valence electrons. The summed E-state index contributed by atoms with van der Waals surface area (Å²) in [7, 11) is 0. The number of benzene rings is 2. The van der Waals surface area contributed by atoms with Crippen molar-refractivity contribution in [1.82, 2.24) is 9.97 Å². The first kappa shape index (κ1) is 13.7. The predicted octanol–water partition coefficient (Wildman–Crippen LogP) is 4.45. The van der Waals surface area contributed by atoms with Crippen LogP contribution in [0.3, 0.4) is 0 Å². The van der Waals surface area contributed by atoms with Gasteiger partial charge in [0.05, 0.1) is 0 Å². The van der Waals surface area contributed by atoms with Crippen molar-refractivity contribution >= 4 is 11.6 Å². The van der Waals surface area contributed by atoms with Gasteiger partial charge in [-0.2, -0.15) is 0 Å². The quantitative estimate of drug-likeness (QED) is 0.668. The molecule has 21 heavy (non-hydrogen) atoms. The highest BCUT2D eigenvalue weighted by Gasteiger charge is 2.22. The molecule has 0 amide bonds. The summed E-state index contributed by atoms with van der Waals surface area (Å²) in [5.74, 6) is -0.604. The number of aromatic nitrogens is 2. The summed E-state index contributed by atoms with van der Waals surface area (Å²) in [5.41, 5.74) is 2.19. The molecule has 1 heterocycles. The zero-order chi connectivity index (χ0) is 14.7. The van der Waals surface area contributed by atoms with E-state index in [0.29, 0.717) is 16.3 Å². The molecule has 0 saturated heterocycles. The van der Waals surface area contributed by atoms with Crippen LogP contribution >= 0.6 is 11.6 Å². The van der Waals surface area contributed by atoms with Gasteiger partial charge in [-0.15, -0.1) is 0 Å². The zero-order valence-corrected chi connectivity index (χ0v) is 11.8.